The minimum Gasteiger partial charge on any atom is -0.459 e. The number of carbonyl (C=O) groups is 2. The molecular weight excluding hydrogens is 332 g/mol. The summed E-state index contributed by atoms with van der Waals surface area (Å²) in [7, 11) is 0. The lowest BCUT2D eigenvalue weighted by atomic mass is 10.2. The molecule has 0 atom stereocenters. The van der Waals surface area contributed by atoms with Gasteiger partial charge < -0.3 is 20.2 Å². The zero-order chi connectivity index (χ0) is 17.4. The van der Waals surface area contributed by atoms with Crippen LogP contribution in [0.4, 0.5) is 0 Å². The van der Waals surface area contributed by atoms with Crippen molar-refractivity contribution >= 4 is 29.5 Å². The average molecular weight is 349 g/mol. The summed E-state index contributed by atoms with van der Waals surface area (Å²) in [6, 6.07) is 9.90. The third-order valence-electron chi connectivity index (χ3n) is 3.04. The van der Waals surface area contributed by atoms with Crippen LogP contribution in [-0.2, 0) is 4.79 Å². The highest BCUT2D eigenvalue weighted by Crippen LogP contribution is 2.12. The normalized spacial score (nSPS) is 11.2. The van der Waals surface area contributed by atoms with Gasteiger partial charge in [-0.2, -0.15) is 0 Å². The van der Waals surface area contributed by atoms with Crippen LogP contribution in [0.1, 0.15) is 22.5 Å². The number of halogens is 1. The molecule has 7 heteroatoms. The SMILES string of the molecule is O=C(NCCCO)C(=Cc1ccc(Cl)cc1)NC(=O)c1ccco1. The molecule has 0 unspecified atom stereocenters. The van der Waals surface area contributed by atoms with Crippen LogP contribution in [0.2, 0.25) is 5.02 Å². The molecule has 2 amide bonds. The van der Waals surface area contributed by atoms with E-state index in [-0.39, 0.29) is 18.1 Å². The Labute approximate surface area is 144 Å². The van der Waals surface area contributed by atoms with E-state index >= 15 is 0 Å². The summed E-state index contributed by atoms with van der Waals surface area (Å²) in [5.41, 5.74) is 0.767. The number of rotatable bonds is 7. The number of carbonyl (C=O) groups excluding carboxylic acids is 2. The van der Waals surface area contributed by atoms with E-state index in [0.29, 0.717) is 23.6 Å². The van der Waals surface area contributed by atoms with E-state index in [1.54, 1.807) is 30.3 Å². The third-order valence-corrected chi connectivity index (χ3v) is 3.29. The highest BCUT2D eigenvalue weighted by Gasteiger charge is 2.16. The van der Waals surface area contributed by atoms with Crippen molar-refractivity contribution in [3.05, 3.63) is 64.7 Å². The molecule has 2 aromatic rings. The van der Waals surface area contributed by atoms with E-state index in [4.69, 9.17) is 21.1 Å². The van der Waals surface area contributed by atoms with Gasteiger partial charge in [-0.25, -0.2) is 0 Å². The summed E-state index contributed by atoms with van der Waals surface area (Å²) in [4.78, 5) is 24.4. The molecule has 1 aromatic heterocycles. The van der Waals surface area contributed by atoms with E-state index in [9.17, 15) is 9.59 Å². The van der Waals surface area contributed by atoms with Gasteiger partial charge in [0.1, 0.15) is 5.70 Å². The summed E-state index contributed by atoms with van der Waals surface area (Å²) in [5.74, 6) is -0.893. The van der Waals surface area contributed by atoms with Gasteiger partial charge >= 0.3 is 0 Å². The molecule has 0 aliphatic rings. The molecule has 0 aliphatic carbocycles. The first-order chi connectivity index (χ1) is 11.6. The van der Waals surface area contributed by atoms with Crippen molar-refractivity contribution in [2.45, 2.75) is 6.42 Å². The summed E-state index contributed by atoms with van der Waals surface area (Å²) in [6.07, 6.45) is 3.33. The Morgan fingerprint density at radius 2 is 1.96 bits per heavy atom. The van der Waals surface area contributed by atoms with Gasteiger partial charge in [0, 0.05) is 18.2 Å². The topological polar surface area (TPSA) is 91.6 Å². The van der Waals surface area contributed by atoms with Gasteiger partial charge in [-0.1, -0.05) is 23.7 Å². The maximum absolute atomic E-state index is 12.3. The molecule has 1 heterocycles. The molecule has 1 aromatic carbocycles. The Hall–Kier alpha value is -2.57. The largest absolute Gasteiger partial charge is 0.459 e. The molecule has 0 fully saturated rings. The van der Waals surface area contributed by atoms with E-state index in [1.807, 2.05) is 0 Å². The number of aliphatic hydroxyl groups is 1. The van der Waals surface area contributed by atoms with Gasteiger partial charge in [-0.15, -0.1) is 0 Å². The van der Waals surface area contributed by atoms with Crippen LogP contribution < -0.4 is 10.6 Å². The molecule has 126 valence electrons. The molecule has 24 heavy (non-hydrogen) atoms. The fourth-order valence-corrected chi connectivity index (χ4v) is 1.98. The zero-order valence-corrected chi connectivity index (χ0v) is 13.5. The maximum atomic E-state index is 12.3. The van der Waals surface area contributed by atoms with E-state index < -0.39 is 11.8 Å². The lowest BCUT2D eigenvalue weighted by Crippen LogP contribution is -2.35. The van der Waals surface area contributed by atoms with Gasteiger partial charge in [0.2, 0.25) is 0 Å². The molecule has 2 rings (SSSR count). The second-order valence-corrected chi connectivity index (χ2v) is 5.31. The van der Waals surface area contributed by atoms with Gasteiger partial charge in [-0.05, 0) is 42.3 Å². The van der Waals surface area contributed by atoms with Crippen LogP contribution in [0, 0.1) is 0 Å². The molecule has 6 nitrogen and oxygen atoms in total. The number of furan rings is 1. The second-order valence-electron chi connectivity index (χ2n) is 4.87. The number of nitrogens with one attached hydrogen (secondary N) is 2. The van der Waals surface area contributed by atoms with Crippen LogP contribution in [0.5, 0.6) is 0 Å². The summed E-state index contributed by atoms with van der Waals surface area (Å²) < 4.78 is 5.02. The molecule has 0 saturated carbocycles. The third kappa shape index (κ3) is 5.26. The summed E-state index contributed by atoms with van der Waals surface area (Å²) in [6.45, 7) is 0.263. The lowest BCUT2D eigenvalue weighted by molar-refractivity contribution is -0.117. The molecule has 0 aliphatic heterocycles. The first-order valence-electron chi connectivity index (χ1n) is 7.31. The molecule has 0 spiro atoms. The molecule has 0 bridgehead atoms. The fourth-order valence-electron chi connectivity index (χ4n) is 1.85. The Kier molecular flexibility index (Phi) is 6.60. The van der Waals surface area contributed by atoms with Gasteiger partial charge in [0.25, 0.3) is 11.8 Å². The standard InChI is InChI=1S/C17H17ClN2O4/c18-13-6-4-12(5-7-13)11-14(16(22)19-8-2-9-21)20-17(23)15-3-1-10-24-15/h1,3-7,10-11,21H,2,8-9H2,(H,19,22)(H,20,23). The van der Waals surface area contributed by atoms with Crippen LogP contribution in [0.15, 0.2) is 52.8 Å². The van der Waals surface area contributed by atoms with Crippen molar-refractivity contribution in [1.29, 1.82) is 0 Å². The number of hydrogen-bond donors (Lipinski definition) is 3. The van der Waals surface area contributed by atoms with Crippen molar-refractivity contribution in [2.75, 3.05) is 13.2 Å². The first kappa shape index (κ1) is 17.8. The highest BCUT2D eigenvalue weighted by atomic mass is 35.5. The van der Waals surface area contributed by atoms with Crippen LogP contribution >= 0.6 is 11.6 Å². The minimum atomic E-state index is -0.530. The highest BCUT2D eigenvalue weighted by molar-refractivity contribution is 6.30. The minimum absolute atomic E-state index is 0.0325. The number of aliphatic hydroxyl groups excluding tert-OH is 1. The Morgan fingerprint density at radius 3 is 2.58 bits per heavy atom. The van der Waals surface area contributed by atoms with Crippen molar-refractivity contribution in [2.24, 2.45) is 0 Å². The number of benzene rings is 1. The molecular formula is C17H17ClN2O4. The Balaban J connectivity index is 2.18. The Bertz CT molecular complexity index is 709. The van der Waals surface area contributed by atoms with Crippen molar-refractivity contribution in [3.63, 3.8) is 0 Å². The van der Waals surface area contributed by atoms with Gasteiger partial charge in [0.05, 0.1) is 6.26 Å². The van der Waals surface area contributed by atoms with E-state index in [2.05, 4.69) is 10.6 Å². The Morgan fingerprint density at radius 1 is 1.21 bits per heavy atom. The van der Waals surface area contributed by atoms with Crippen LogP contribution in [0.25, 0.3) is 6.08 Å². The van der Waals surface area contributed by atoms with Crippen LogP contribution in [0.3, 0.4) is 0 Å². The first-order valence-corrected chi connectivity index (χ1v) is 7.69. The monoisotopic (exact) mass is 348 g/mol. The van der Waals surface area contributed by atoms with Crippen molar-refractivity contribution < 1.29 is 19.1 Å². The number of amides is 2. The van der Waals surface area contributed by atoms with Crippen molar-refractivity contribution in [1.82, 2.24) is 10.6 Å². The quantitative estimate of drug-likeness (QED) is 0.528. The second kappa shape index (κ2) is 8.90. The maximum Gasteiger partial charge on any atom is 0.291 e. The lowest BCUT2D eigenvalue weighted by Gasteiger charge is -2.10. The van der Waals surface area contributed by atoms with E-state index in [0.717, 1.165) is 0 Å². The van der Waals surface area contributed by atoms with Crippen molar-refractivity contribution in [3.8, 4) is 0 Å². The molecule has 3 N–H and O–H groups in total. The number of hydrogen-bond acceptors (Lipinski definition) is 4. The fraction of sp³-hybridized carbons (Fsp3) is 0.176. The van der Waals surface area contributed by atoms with Gasteiger partial charge in [-0.3, -0.25) is 9.59 Å². The van der Waals surface area contributed by atoms with Crippen LogP contribution in [-0.4, -0.2) is 30.1 Å². The van der Waals surface area contributed by atoms with E-state index in [1.165, 1.54) is 18.4 Å². The zero-order valence-electron chi connectivity index (χ0n) is 12.8. The molecule has 0 radical (unpaired) electrons. The van der Waals surface area contributed by atoms with Gasteiger partial charge in [0.15, 0.2) is 5.76 Å². The predicted molar refractivity (Wildman–Crippen MR) is 90.3 cm³/mol. The average Bonchev–Trinajstić information content (AvgIpc) is 3.11. The smallest absolute Gasteiger partial charge is 0.291 e. The summed E-state index contributed by atoms with van der Waals surface area (Å²) >= 11 is 5.84. The summed E-state index contributed by atoms with van der Waals surface area (Å²) in [5, 5.41) is 14.5. The molecule has 0 saturated heterocycles. The predicted octanol–water partition coefficient (Wildman–Crippen LogP) is 2.20.